The van der Waals surface area contributed by atoms with E-state index in [1.165, 1.54) is 25.3 Å². The quantitative estimate of drug-likeness (QED) is 0.122. The highest BCUT2D eigenvalue weighted by molar-refractivity contribution is 7.17. The molecule has 9 nitrogen and oxygen atoms in total. The number of amides is 1. The number of ether oxygens (including phenoxy) is 3. The summed E-state index contributed by atoms with van der Waals surface area (Å²) in [6, 6.07) is 7.65. The van der Waals surface area contributed by atoms with Gasteiger partial charge in [-0.1, -0.05) is 42.2 Å². The monoisotopic (exact) mass is 566 g/mol. The van der Waals surface area contributed by atoms with Gasteiger partial charge in [0.15, 0.2) is 16.6 Å². The fourth-order valence-electron chi connectivity index (χ4n) is 4.24. The van der Waals surface area contributed by atoms with Crippen molar-refractivity contribution in [3.63, 3.8) is 0 Å². The Hall–Kier alpha value is -4.51. The second-order valence-corrected chi connectivity index (χ2v) is 9.75. The van der Waals surface area contributed by atoms with Crippen LogP contribution in [0.3, 0.4) is 0 Å². The molecule has 2 aromatic carbocycles. The number of hydrogen-bond acceptors (Lipinski definition) is 9. The summed E-state index contributed by atoms with van der Waals surface area (Å²) < 4.78 is 30.6. The van der Waals surface area contributed by atoms with Crippen molar-refractivity contribution in [3.8, 4) is 11.5 Å². The lowest BCUT2D eigenvalue weighted by molar-refractivity contribution is -0.132. The molecule has 2 heterocycles. The number of aromatic nitrogens is 1. The number of Topliss-reactive ketones (excluding diaryl/α,β-unsaturated/α-hetero) is 1. The van der Waals surface area contributed by atoms with E-state index >= 15 is 0 Å². The molecular weight excluding hydrogens is 539 g/mol. The number of hydrogen-bond donors (Lipinski definition) is 1. The number of esters is 1. The number of benzene rings is 2. The van der Waals surface area contributed by atoms with E-state index in [2.05, 4.69) is 11.6 Å². The molecule has 1 N–H and O–H groups in total. The molecule has 1 aromatic heterocycles. The van der Waals surface area contributed by atoms with Crippen LogP contribution in [0.5, 0.6) is 11.5 Å². The summed E-state index contributed by atoms with van der Waals surface area (Å²) in [6.07, 6.45) is 1.42. The maximum absolute atomic E-state index is 14.4. The first-order valence-corrected chi connectivity index (χ1v) is 13.1. The average molecular weight is 567 g/mol. The molecular formula is C29H27FN2O7S. The molecule has 1 aliphatic heterocycles. The molecule has 0 radical (unpaired) electrons. The van der Waals surface area contributed by atoms with Crippen molar-refractivity contribution < 1.29 is 38.1 Å². The van der Waals surface area contributed by atoms with Gasteiger partial charge in [-0.05, 0) is 50.1 Å². The summed E-state index contributed by atoms with van der Waals surface area (Å²) in [7, 11) is 1.44. The molecule has 0 spiro atoms. The summed E-state index contributed by atoms with van der Waals surface area (Å²) in [4.78, 5) is 45.1. The molecule has 0 unspecified atom stereocenters. The van der Waals surface area contributed by atoms with Gasteiger partial charge in [-0.2, -0.15) is 0 Å². The molecule has 1 aliphatic rings. The first-order valence-electron chi connectivity index (χ1n) is 12.3. The Morgan fingerprint density at radius 3 is 2.60 bits per heavy atom. The number of halogens is 1. The normalized spacial score (nSPS) is 16.2. The van der Waals surface area contributed by atoms with E-state index in [9.17, 15) is 23.9 Å². The van der Waals surface area contributed by atoms with Gasteiger partial charge in [0.05, 0.1) is 31.0 Å². The van der Waals surface area contributed by atoms with Crippen LogP contribution in [0, 0.1) is 19.7 Å². The number of aryl methyl sites for hydroxylation is 2. The number of ketones is 1. The zero-order valence-electron chi connectivity index (χ0n) is 22.3. The first kappa shape index (κ1) is 28.5. The smallest absolute Gasteiger partial charge is 0.350 e. The minimum Gasteiger partial charge on any atom is -0.507 e. The predicted octanol–water partition coefficient (Wildman–Crippen LogP) is 5.28. The third-order valence-electron chi connectivity index (χ3n) is 6.20. The lowest BCUT2D eigenvalue weighted by Gasteiger charge is -2.24. The summed E-state index contributed by atoms with van der Waals surface area (Å²) in [5.74, 6) is -3.02. The maximum atomic E-state index is 14.4. The highest BCUT2D eigenvalue weighted by atomic mass is 32.1. The molecule has 1 atom stereocenters. The molecule has 0 saturated carbocycles. The van der Waals surface area contributed by atoms with Crippen molar-refractivity contribution in [2.75, 3.05) is 25.2 Å². The number of carbonyl (C=O) groups is 3. The zero-order chi connectivity index (χ0) is 29.1. The van der Waals surface area contributed by atoms with E-state index in [1.807, 2.05) is 6.92 Å². The molecule has 0 aliphatic carbocycles. The third-order valence-corrected chi connectivity index (χ3v) is 7.34. The minimum atomic E-state index is -1.18. The Labute approximate surface area is 234 Å². The molecule has 40 heavy (non-hydrogen) atoms. The number of anilines is 1. The number of carbonyl (C=O) groups excluding carboxylic acids is 3. The van der Waals surface area contributed by atoms with Crippen LogP contribution < -0.4 is 14.4 Å². The van der Waals surface area contributed by atoms with E-state index in [0.29, 0.717) is 34.9 Å². The maximum Gasteiger partial charge on any atom is 0.350 e. The van der Waals surface area contributed by atoms with Gasteiger partial charge in [-0.15, -0.1) is 0 Å². The van der Waals surface area contributed by atoms with E-state index in [4.69, 9.17) is 14.2 Å². The summed E-state index contributed by atoms with van der Waals surface area (Å²) in [5, 5.41) is 11.3. The number of thiazole rings is 1. The molecule has 1 saturated heterocycles. The van der Waals surface area contributed by atoms with Crippen LogP contribution in [0.4, 0.5) is 9.52 Å². The van der Waals surface area contributed by atoms with Crippen molar-refractivity contribution in [3.05, 3.63) is 87.7 Å². The first-order chi connectivity index (χ1) is 19.1. The standard InChI is InChI=1S/C29H27FN2O7S/c1-6-12-39-28(36)26-16(4)31-29(40-26)32-23(17-10-11-20(38-7-2)21(14-17)37-5)22(25(34)27(32)35)24(33)18-9-8-15(3)19(30)13-18/h6,8-11,13-14,23,33H,1,7,12H2,2-5H3/t23-/m1/s1. The molecule has 208 valence electrons. The second-order valence-electron chi connectivity index (χ2n) is 8.77. The summed E-state index contributed by atoms with van der Waals surface area (Å²) >= 11 is 0.867. The van der Waals surface area contributed by atoms with Gasteiger partial charge in [0.25, 0.3) is 5.78 Å². The lowest BCUT2D eigenvalue weighted by atomic mass is 9.94. The van der Waals surface area contributed by atoms with Gasteiger partial charge in [-0.25, -0.2) is 14.2 Å². The molecule has 4 rings (SSSR count). The van der Waals surface area contributed by atoms with Crippen LogP contribution in [0.2, 0.25) is 0 Å². The fraction of sp³-hybridized carbons (Fsp3) is 0.241. The molecule has 11 heteroatoms. The number of aliphatic hydroxyl groups is 1. The second kappa shape index (κ2) is 11.7. The van der Waals surface area contributed by atoms with Crippen molar-refractivity contribution in [1.29, 1.82) is 0 Å². The van der Waals surface area contributed by atoms with Crippen molar-refractivity contribution >= 4 is 39.9 Å². The highest BCUT2D eigenvalue weighted by Gasteiger charge is 2.48. The molecule has 3 aromatic rings. The Balaban J connectivity index is 1.93. The number of methoxy groups -OCH3 is 1. The van der Waals surface area contributed by atoms with Gasteiger partial charge in [0.1, 0.15) is 23.1 Å². The van der Waals surface area contributed by atoms with Crippen molar-refractivity contribution in [2.24, 2.45) is 0 Å². The fourth-order valence-corrected chi connectivity index (χ4v) is 5.23. The van der Waals surface area contributed by atoms with Crippen LogP contribution in [-0.2, 0) is 14.3 Å². The minimum absolute atomic E-state index is 0.0187. The highest BCUT2D eigenvalue weighted by Crippen LogP contribution is 2.45. The Bertz CT molecular complexity index is 1550. The number of aliphatic hydroxyl groups excluding tert-OH is 1. The van der Waals surface area contributed by atoms with Crippen LogP contribution in [0.25, 0.3) is 5.76 Å². The van der Waals surface area contributed by atoms with E-state index < -0.39 is 35.3 Å². The summed E-state index contributed by atoms with van der Waals surface area (Å²) in [5.41, 5.74) is 0.770. The number of rotatable bonds is 9. The van der Waals surface area contributed by atoms with Gasteiger partial charge in [0, 0.05) is 5.56 Å². The van der Waals surface area contributed by atoms with Crippen molar-refractivity contribution in [2.45, 2.75) is 26.8 Å². The van der Waals surface area contributed by atoms with Crippen LogP contribution >= 0.6 is 11.3 Å². The van der Waals surface area contributed by atoms with Gasteiger partial charge < -0.3 is 19.3 Å². The van der Waals surface area contributed by atoms with Crippen LogP contribution in [-0.4, -0.2) is 48.1 Å². The summed E-state index contributed by atoms with van der Waals surface area (Å²) in [6.45, 7) is 8.82. The van der Waals surface area contributed by atoms with Gasteiger partial charge >= 0.3 is 11.9 Å². The average Bonchev–Trinajstić information content (AvgIpc) is 3.45. The molecule has 1 fully saturated rings. The van der Waals surface area contributed by atoms with Gasteiger partial charge in [0.2, 0.25) is 0 Å². The predicted molar refractivity (Wildman–Crippen MR) is 147 cm³/mol. The van der Waals surface area contributed by atoms with Crippen LogP contribution in [0.1, 0.15) is 45.0 Å². The molecule has 1 amide bonds. The Kier molecular flexibility index (Phi) is 8.34. The molecule has 0 bridgehead atoms. The SMILES string of the molecule is C=CCOC(=O)c1sc(N2C(=O)C(=O)C(=C(O)c3ccc(C)c(F)c3)[C@H]2c2ccc(OCC)c(OC)c2)nc1C. The van der Waals surface area contributed by atoms with Crippen LogP contribution in [0.15, 0.2) is 54.6 Å². The van der Waals surface area contributed by atoms with Crippen molar-refractivity contribution in [1.82, 2.24) is 4.98 Å². The van der Waals surface area contributed by atoms with Gasteiger partial charge in [-0.3, -0.25) is 14.5 Å². The Morgan fingerprint density at radius 1 is 1.20 bits per heavy atom. The van der Waals surface area contributed by atoms with E-state index in [0.717, 1.165) is 22.3 Å². The largest absolute Gasteiger partial charge is 0.507 e. The number of nitrogens with zero attached hydrogens (tertiary/aromatic N) is 2. The Morgan fingerprint density at radius 2 is 1.95 bits per heavy atom. The third kappa shape index (κ3) is 5.20. The zero-order valence-corrected chi connectivity index (χ0v) is 23.1. The van der Waals surface area contributed by atoms with E-state index in [-0.39, 0.29) is 27.8 Å². The lowest BCUT2D eigenvalue weighted by Crippen LogP contribution is -2.29. The topological polar surface area (TPSA) is 115 Å². The van der Waals surface area contributed by atoms with E-state index in [1.54, 1.807) is 32.0 Å².